The zero-order valence-corrected chi connectivity index (χ0v) is 32.8. The fourth-order valence-corrected chi connectivity index (χ4v) is 8.06. The second kappa shape index (κ2) is 16.1. The maximum Gasteiger partial charge on any atom is 0.573 e. The first kappa shape index (κ1) is 41.7. The molecule has 2 aliphatic heterocycles. The van der Waals surface area contributed by atoms with E-state index in [0.29, 0.717) is 21.9 Å². The van der Waals surface area contributed by atoms with Gasteiger partial charge in [0.15, 0.2) is 18.1 Å². The molecule has 288 valence electrons. The van der Waals surface area contributed by atoms with Gasteiger partial charge in [-0.25, -0.2) is 23.6 Å². The van der Waals surface area contributed by atoms with Crippen LogP contribution in [0, 0.1) is 0 Å². The van der Waals surface area contributed by atoms with E-state index in [9.17, 15) is 24.1 Å². The highest BCUT2D eigenvalue weighted by Gasteiger charge is 2.55. The van der Waals surface area contributed by atoms with Crippen molar-refractivity contribution in [2.75, 3.05) is 18.1 Å². The first-order valence-electron chi connectivity index (χ1n) is 16.3. The van der Waals surface area contributed by atoms with Crippen LogP contribution in [0.15, 0.2) is 41.3 Å². The second-order valence-electron chi connectivity index (χ2n) is 14.9. The van der Waals surface area contributed by atoms with Gasteiger partial charge in [-0.3, -0.25) is 4.57 Å². The Balaban J connectivity index is 1.60. The molecule has 1 aromatic carbocycles. The van der Waals surface area contributed by atoms with Crippen LogP contribution in [0.4, 0.5) is 24.6 Å². The van der Waals surface area contributed by atoms with Crippen LogP contribution in [0.2, 0.25) is 5.02 Å². The molecule has 2 fully saturated rings. The molecule has 15 nitrogen and oxygen atoms in total. The predicted molar refractivity (Wildman–Crippen MR) is 191 cm³/mol. The van der Waals surface area contributed by atoms with Crippen LogP contribution in [0.1, 0.15) is 85.8 Å². The topological polar surface area (TPSA) is 174 Å². The summed E-state index contributed by atoms with van der Waals surface area (Å²) >= 11 is 6.99. The van der Waals surface area contributed by atoms with Crippen molar-refractivity contribution in [2.24, 2.45) is 0 Å². The van der Waals surface area contributed by atoms with Gasteiger partial charge in [0.2, 0.25) is 0 Å². The van der Waals surface area contributed by atoms with Gasteiger partial charge in [0.05, 0.1) is 5.25 Å². The normalized spacial score (nSPS) is 25.3. The summed E-state index contributed by atoms with van der Waals surface area (Å²) < 4.78 is 55.7. The van der Waals surface area contributed by atoms with Crippen LogP contribution in [-0.2, 0) is 32.5 Å². The van der Waals surface area contributed by atoms with Gasteiger partial charge < -0.3 is 18.9 Å². The molecule has 1 N–H and O–H groups in total. The SMILES string of the molecule is CC(C)(C)OC(=O)O[C@H]1[C@H](F)[C@H](n2ccc(N(C(=O)OC(C)(C)C)C(=O)OC(C)(C)C)nc2=O)S[C@@H]1CO[P+]1(O)OCCC(c2cccc(Cl)c2)O1. The number of hydrogen-bond acceptors (Lipinski definition) is 14. The summed E-state index contributed by atoms with van der Waals surface area (Å²) in [5.41, 5.74) is -3.37. The molecule has 0 radical (unpaired) electrons. The average Bonchev–Trinajstić information content (AvgIpc) is 3.27. The second-order valence-corrected chi connectivity index (χ2v) is 18.3. The van der Waals surface area contributed by atoms with Gasteiger partial charge in [-0.2, -0.15) is 23.8 Å². The third kappa shape index (κ3) is 11.5. The summed E-state index contributed by atoms with van der Waals surface area (Å²) in [6.07, 6.45) is -6.14. The average molecular weight is 793 g/mol. The summed E-state index contributed by atoms with van der Waals surface area (Å²) in [5.74, 6) is -0.433. The Bertz CT molecular complexity index is 1650. The van der Waals surface area contributed by atoms with Crippen molar-refractivity contribution >= 4 is 55.7 Å². The van der Waals surface area contributed by atoms with Gasteiger partial charge in [-0.15, -0.1) is 16.3 Å². The van der Waals surface area contributed by atoms with E-state index in [1.165, 1.54) is 0 Å². The number of imide groups is 1. The van der Waals surface area contributed by atoms with Crippen LogP contribution in [0.3, 0.4) is 0 Å². The Morgan fingerprint density at radius 2 is 1.65 bits per heavy atom. The Kier molecular flexibility index (Phi) is 12.9. The van der Waals surface area contributed by atoms with Crippen molar-refractivity contribution in [2.45, 2.75) is 115 Å². The molecule has 3 heterocycles. The fourth-order valence-electron chi connectivity index (χ4n) is 4.87. The lowest BCUT2D eigenvalue weighted by Crippen LogP contribution is -2.45. The summed E-state index contributed by atoms with van der Waals surface area (Å²) in [7, 11) is -3.96. The Hall–Kier alpha value is -3.05. The number of ether oxygens (including phenoxy) is 4. The van der Waals surface area contributed by atoms with E-state index in [0.717, 1.165) is 28.6 Å². The van der Waals surface area contributed by atoms with E-state index in [1.54, 1.807) is 86.6 Å². The minimum Gasteiger partial charge on any atom is -0.443 e. The van der Waals surface area contributed by atoms with Crippen LogP contribution < -0.4 is 10.6 Å². The molecule has 2 aromatic rings. The van der Waals surface area contributed by atoms with Crippen LogP contribution in [0.5, 0.6) is 0 Å². The lowest BCUT2D eigenvalue weighted by molar-refractivity contribution is -0.0483. The molecule has 4 rings (SSSR count). The molecule has 2 aliphatic rings. The van der Waals surface area contributed by atoms with Crippen molar-refractivity contribution < 1.29 is 56.2 Å². The molecule has 6 atom stereocenters. The molecular formula is C33H45ClFN3O12PS+. The monoisotopic (exact) mass is 792 g/mol. The van der Waals surface area contributed by atoms with Crippen LogP contribution in [0.25, 0.3) is 0 Å². The highest BCUT2D eigenvalue weighted by molar-refractivity contribution is 8.00. The third-order valence-electron chi connectivity index (χ3n) is 6.88. The molecule has 2 saturated heterocycles. The number of amides is 2. The lowest BCUT2D eigenvalue weighted by Gasteiger charge is -2.28. The number of anilines is 1. The number of hydrogen-bond donors (Lipinski definition) is 1. The minimum absolute atomic E-state index is 0.0858. The van der Waals surface area contributed by atoms with Gasteiger partial charge in [-0.1, -0.05) is 23.7 Å². The zero-order chi connectivity index (χ0) is 38.8. The van der Waals surface area contributed by atoms with Crippen molar-refractivity contribution in [1.82, 2.24) is 9.55 Å². The fraction of sp³-hybridized carbons (Fsp3) is 0.606. The molecule has 0 bridgehead atoms. The standard InChI is InChI=1S/C33H45ClFN3O12PS/c1-31(2,3)47-28(40)38(29(41)48-32(4,5)6)23-13-15-37(27(39)36-23)26-24(35)25(46-30(42)49-33(7,8)9)22(52-26)18-45-51(43)44-16-14-21(50-51)19-11-10-12-20(34)17-19/h10-13,15,17,21-22,24-26,43H,14,16,18H2,1-9H3/q+1/t21?,22-,24+,25-,26-,51?/m1/s1. The Labute approximate surface area is 311 Å². The highest BCUT2D eigenvalue weighted by Crippen LogP contribution is 2.64. The summed E-state index contributed by atoms with van der Waals surface area (Å²) in [6, 6.07) is 8.04. The van der Waals surface area contributed by atoms with Crippen LogP contribution >= 0.6 is 31.5 Å². The number of thioether (sulfide) groups is 1. The van der Waals surface area contributed by atoms with Crippen molar-refractivity contribution in [3.05, 3.63) is 57.6 Å². The maximum absolute atomic E-state index is 16.3. The minimum atomic E-state index is -3.96. The lowest BCUT2D eigenvalue weighted by atomic mass is 10.1. The first-order chi connectivity index (χ1) is 23.9. The summed E-state index contributed by atoms with van der Waals surface area (Å²) in [5, 5.41) is -1.91. The van der Waals surface area contributed by atoms with Gasteiger partial charge in [0.25, 0.3) is 0 Å². The van der Waals surface area contributed by atoms with Gasteiger partial charge in [0.1, 0.15) is 41.5 Å². The molecule has 2 unspecified atom stereocenters. The van der Waals surface area contributed by atoms with Crippen molar-refractivity contribution in [3.63, 3.8) is 0 Å². The number of rotatable bonds is 7. The van der Waals surface area contributed by atoms with Gasteiger partial charge in [0, 0.05) is 17.6 Å². The van der Waals surface area contributed by atoms with E-state index in [1.807, 2.05) is 0 Å². The molecule has 0 saturated carbocycles. The Morgan fingerprint density at radius 3 is 2.21 bits per heavy atom. The number of carbonyl (C=O) groups excluding carboxylic acids is 3. The molecule has 0 aliphatic carbocycles. The predicted octanol–water partition coefficient (Wildman–Crippen LogP) is 7.71. The number of carbonyl (C=O) groups is 3. The number of halogens is 2. The molecule has 0 spiro atoms. The van der Waals surface area contributed by atoms with E-state index in [2.05, 4.69) is 4.98 Å². The van der Waals surface area contributed by atoms with E-state index in [-0.39, 0.29) is 6.61 Å². The number of alkyl halides is 1. The van der Waals surface area contributed by atoms with Crippen molar-refractivity contribution in [1.29, 1.82) is 0 Å². The number of benzene rings is 1. The van der Waals surface area contributed by atoms with Crippen molar-refractivity contribution in [3.8, 4) is 0 Å². The number of aromatic nitrogens is 2. The highest BCUT2D eigenvalue weighted by atomic mass is 35.5. The van der Waals surface area contributed by atoms with Gasteiger partial charge >= 0.3 is 32.2 Å². The largest absolute Gasteiger partial charge is 0.573 e. The van der Waals surface area contributed by atoms with E-state index >= 15 is 4.39 Å². The molecular weight excluding hydrogens is 748 g/mol. The Morgan fingerprint density at radius 1 is 1.04 bits per heavy atom. The summed E-state index contributed by atoms with van der Waals surface area (Å²) in [6.45, 7) is 14.0. The first-order valence-corrected chi connectivity index (χ1v) is 19.1. The molecule has 2 amide bonds. The molecule has 19 heteroatoms. The smallest absolute Gasteiger partial charge is 0.443 e. The summed E-state index contributed by atoms with van der Waals surface area (Å²) in [4.78, 5) is 67.9. The third-order valence-corrected chi connectivity index (χ3v) is 10.1. The zero-order valence-electron chi connectivity index (χ0n) is 30.4. The maximum atomic E-state index is 16.3. The molecule has 52 heavy (non-hydrogen) atoms. The van der Waals surface area contributed by atoms with Gasteiger partial charge in [-0.05, 0) is 86.1 Å². The van der Waals surface area contributed by atoms with E-state index in [4.69, 9.17) is 44.1 Å². The number of nitrogens with zero attached hydrogens (tertiary/aromatic N) is 3. The van der Waals surface area contributed by atoms with E-state index < -0.39 is 90.4 Å². The molecule has 1 aromatic heterocycles. The van der Waals surface area contributed by atoms with Crippen LogP contribution in [-0.4, -0.2) is 80.3 Å². The quantitative estimate of drug-likeness (QED) is 0.164.